The zero-order valence-corrected chi connectivity index (χ0v) is 16.8. The maximum atomic E-state index is 12.9. The lowest BCUT2D eigenvalue weighted by molar-refractivity contribution is -0.129. The van der Waals surface area contributed by atoms with Crippen LogP contribution in [0.25, 0.3) is 0 Å². The lowest BCUT2D eigenvalue weighted by Gasteiger charge is -2.21. The predicted octanol–water partition coefficient (Wildman–Crippen LogP) is 2.82. The van der Waals surface area contributed by atoms with Gasteiger partial charge in [-0.05, 0) is 52.3 Å². The molecule has 1 amide bonds. The fourth-order valence-electron chi connectivity index (χ4n) is 4.47. The number of carbonyl (C=O) groups is 2. The molecule has 0 saturated carbocycles. The molecule has 1 aliphatic heterocycles. The number of hydrogen-bond donors (Lipinski definition) is 0. The molecule has 0 radical (unpaired) electrons. The highest BCUT2D eigenvalue weighted by Gasteiger charge is 2.32. The second kappa shape index (κ2) is 7.95. The Kier molecular flexibility index (Phi) is 5.86. The Morgan fingerprint density at radius 3 is 2.69 bits per heavy atom. The van der Waals surface area contributed by atoms with Crippen molar-refractivity contribution >= 4 is 11.7 Å². The van der Waals surface area contributed by atoms with Crippen molar-refractivity contribution in [1.82, 2.24) is 14.4 Å². The topological polar surface area (TPSA) is 45.6 Å². The van der Waals surface area contributed by atoms with Crippen LogP contribution in [0.5, 0.6) is 0 Å². The van der Waals surface area contributed by atoms with Gasteiger partial charge in [0.1, 0.15) is 0 Å². The van der Waals surface area contributed by atoms with E-state index in [1.165, 1.54) is 5.69 Å². The Bertz CT molecular complexity index is 690. The fraction of sp³-hybridized carbons (Fsp3) is 0.714. The number of aromatic nitrogens is 1. The van der Waals surface area contributed by atoms with Gasteiger partial charge in [0.15, 0.2) is 5.78 Å². The van der Waals surface area contributed by atoms with Crippen LogP contribution < -0.4 is 0 Å². The van der Waals surface area contributed by atoms with Crippen LogP contribution in [0, 0.1) is 6.92 Å². The first-order valence-electron chi connectivity index (χ1n) is 10.1. The normalized spacial score (nSPS) is 20.1. The number of fused-ring (bicyclic) bond motifs is 1. The summed E-state index contributed by atoms with van der Waals surface area (Å²) in [6.07, 6.45) is 6.18. The molecular weight excluding hydrogens is 326 g/mol. The first-order valence-corrected chi connectivity index (χ1v) is 10.1. The van der Waals surface area contributed by atoms with Crippen LogP contribution in [0.3, 0.4) is 0 Å². The molecular formula is C21H33N3O2. The van der Waals surface area contributed by atoms with E-state index in [-0.39, 0.29) is 11.7 Å². The van der Waals surface area contributed by atoms with Gasteiger partial charge in [0.05, 0.1) is 6.42 Å². The molecule has 5 heteroatoms. The molecule has 2 aliphatic rings. The summed E-state index contributed by atoms with van der Waals surface area (Å²) in [5, 5.41) is 0. The molecule has 144 valence electrons. The predicted molar refractivity (Wildman–Crippen MR) is 104 cm³/mol. The highest BCUT2D eigenvalue weighted by Crippen LogP contribution is 2.31. The molecule has 0 bridgehead atoms. The summed E-state index contributed by atoms with van der Waals surface area (Å²) in [6, 6.07) is 0.449. The Labute approximate surface area is 157 Å². The third-order valence-electron chi connectivity index (χ3n) is 6.16. The van der Waals surface area contributed by atoms with Gasteiger partial charge < -0.3 is 14.4 Å². The van der Waals surface area contributed by atoms with Crippen LogP contribution in [0.15, 0.2) is 0 Å². The van der Waals surface area contributed by atoms with Gasteiger partial charge in [0.2, 0.25) is 5.91 Å². The van der Waals surface area contributed by atoms with Crippen molar-refractivity contribution in [1.29, 1.82) is 0 Å². The third-order valence-corrected chi connectivity index (χ3v) is 6.16. The smallest absolute Gasteiger partial charge is 0.227 e. The molecule has 1 aliphatic carbocycles. The molecule has 3 rings (SSSR count). The van der Waals surface area contributed by atoms with Crippen LogP contribution in [0.2, 0.25) is 0 Å². The summed E-state index contributed by atoms with van der Waals surface area (Å²) in [4.78, 5) is 29.8. The van der Waals surface area contributed by atoms with E-state index in [0.29, 0.717) is 18.9 Å². The van der Waals surface area contributed by atoms with Gasteiger partial charge in [-0.1, -0.05) is 13.3 Å². The Morgan fingerprint density at radius 2 is 2.04 bits per heavy atom. The van der Waals surface area contributed by atoms with E-state index in [1.54, 1.807) is 0 Å². The lowest BCUT2D eigenvalue weighted by Crippen LogP contribution is -2.35. The number of likely N-dealkylation sites (tertiary alicyclic amines) is 1. The van der Waals surface area contributed by atoms with Gasteiger partial charge in [-0.15, -0.1) is 0 Å². The summed E-state index contributed by atoms with van der Waals surface area (Å²) < 4.78 is 2.32. The van der Waals surface area contributed by atoms with Crippen molar-refractivity contribution in [2.45, 2.75) is 71.4 Å². The summed E-state index contributed by atoms with van der Waals surface area (Å²) >= 11 is 0. The molecule has 26 heavy (non-hydrogen) atoms. The first-order chi connectivity index (χ1) is 12.4. The Balaban J connectivity index is 1.84. The molecule has 1 aromatic rings. The summed E-state index contributed by atoms with van der Waals surface area (Å²) in [5.74, 6) is 0.409. The van der Waals surface area contributed by atoms with Crippen molar-refractivity contribution in [3.05, 3.63) is 22.5 Å². The minimum atomic E-state index is 0.172. The first kappa shape index (κ1) is 19.2. The number of amides is 1. The van der Waals surface area contributed by atoms with Gasteiger partial charge in [-0.2, -0.15) is 0 Å². The van der Waals surface area contributed by atoms with Crippen LogP contribution >= 0.6 is 0 Å². The number of carbonyl (C=O) groups excluding carboxylic acids is 2. The van der Waals surface area contributed by atoms with Gasteiger partial charge in [-0.25, -0.2) is 0 Å². The van der Waals surface area contributed by atoms with Crippen molar-refractivity contribution in [3.8, 4) is 0 Å². The fourth-order valence-corrected chi connectivity index (χ4v) is 4.47. The molecule has 0 spiro atoms. The zero-order valence-electron chi connectivity index (χ0n) is 16.8. The number of hydrogen-bond acceptors (Lipinski definition) is 3. The van der Waals surface area contributed by atoms with Gasteiger partial charge in [0, 0.05) is 49.0 Å². The SMILES string of the molecule is CCCCn1c(C)c(CC(=O)N2CCC(N(C)C)C2)c2c1CCCC2=O. The van der Waals surface area contributed by atoms with Crippen molar-refractivity contribution < 1.29 is 9.59 Å². The molecule has 1 fully saturated rings. The maximum Gasteiger partial charge on any atom is 0.227 e. The highest BCUT2D eigenvalue weighted by atomic mass is 16.2. The Morgan fingerprint density at radius 1 is 1.27 bits per heavy atom. The van der Waals surface area contributed by atoms with Crippen molar-refractivity contribution in [2.75, 3.05) is 27.2 Å². The Hall–Kier alpha value is -1.62. The van der Waals surface area contributed by atoms with Crippen molar-refractivity contribution in [3.63, 3.8) is 0 Å². The number of unbranched alkanes of at least 4 members (excludes halogenated alkanes) is 1. The second-order valence-corrected chi connectivity index (χ2v) is 8.09. The van der Waals surface area contributed by atoms with Crippen LogP contribution in [0.1, 0.15) is 66.3 Å². The number of Topliss-reactive ketones (excluding diaryl/α,β-unsaturated/α-hetero) is 1. The second-order valence-electron chi connectivity index (χ2n) is 8.09. The molecule has 5 nitrogen and oxygen atoms in total. The maximum absolute atomic E-state index is 12.9. The minimum Gasteiger partial charge on any atom is -0.348 e. The van der Waals surface area contributed by atoms with Crippen LogP contribution in [-0.2, 0) is 24.2 Å². The quantitative estimate of drug-likeness (QED) is 0.785. The molecule has 1 unspecified atom stereocenters. The molecule has 1 atom stereocenters. The van der Waals surface area contributed by atoms with Gasteiger partial charge in [0.25, 0.3) is 0 Å². The van der Waals surface area contributed by atoms with Crippen LogP contribution in [0.4, 0.5) is 0 Å². The van der Waals surface area contributed by atoms with E-state index in [2.05, 4.69) is 37.4 Å². The number of nitrogens with zero attached hydrogens (tertiary/aromatic N) is 3. The van der Waals surface area contributed by atoms with Crippen LogP contribution in [-0.4, -0.2) is 59.3 Å². The van der Waals surface area contributed by atoms with E-state index in [9.17, 15) is 9.59 Å². The molecule has 2 heterocycles. The number of rotatable bonds is 6. The van der Waals surface area contributed by atoms with E-state index < -0.39 is 0 Å². The number of ketones is 1. The zero-order chi connectivity index (χ0) is 18.8. The molecule has 1 aromatic heterocycles. The lowest BCUT2D eigenvalue weighted by atomic mass is 9.92. The van der Waals surface area contributed by atoms with Crippen molar-refractivity contribution in [2.24, 2.45) is 0 Å². The molecule has 0 aromatic carbocycles. The molecule has 1 saturated heterocycles. The van der Waals surface area contributed by atoms with E-state index in [1.807, 2.05) is 4.90 Å². The average molecular weight is 360 g/mol. The summed E-state index contributed by atoms with van der Waals surface area (Å²) in [7, 11) is 4.15. The largest absolute Gasteiger partial charge is 0.348 e. The number of likely N-dealkylation sites (N-methyl/N-ethyl adjacent to an activating group) is 1. The summed E-state index contributed by atoms with van der Waals surface area (Å²) in [6.45, 7) is 6.87. The van der Waals surface area contributed by atoms with E-state index >= 15 is 0 Å². The molecule has 0 N–H and O–H groups in total. The van der Waals surface area contributed by atoms with Gasteiger partial charge in [-0.3, -0.25) is 9.59 Å². The third kappa shape index (κ3) is 3.59. The van der Waals surface area contributed by atoms with E-state index in [4.69, 9.17) is 0 Å². The highest BCUT2D eigenvalue weighted by molar-refractivity contribution is 6.01. The minimum absolute atomic E-state index is 0.172. The monoisotopic (exact) mass is 359 g/mol. The standard InChI is InChI=1S/C21H33N3O2/c1-5-6-11-24-15(2)17(21-18(24)8-7-9-19(21)25)13-20(26)23-12-10-16(14-23)22(3)4/h16H,5-14H2,1-4H3. The average Bonchev–Trinajstić information content (AvgIpc) is 3.19. The van der Waals surface area contributed by atoms with E-state index in [0.717, 1.165) is 68.6 Å². The van der Waals surface area contributed by atoms with Gasteiger partial charge >= 0.3 is 0 Å². The summed E-state index contributed by atoms with van der Waals surface area (Å²) in [5.41, 5.74) is 4.19.